The average molecular weight is 307 g/mol. The number of amides is 1. The molecule has 2 aromatic rings. The fourth-order valence-corrected chi connectivity index (χ4v) is 2.66. The molecule has 7 heteroatoms. The van der Waals surface area contributed by atoms with Crippen molar-refractivity contribution >= 4 is 33.6 Å². The summed E-state index contributed by atoms with van der Waals surface area (Å²) >= 11 is 1.30. The SMILES string of the molecule is Cc1nsc2ncc(C(=O)NC(C)(C)CCC(=O)O)cc12. The fraction of sp³-hybridized carbons (Fsp3) is 0.429. The first kappa shape index (κ1) is 15.4. The lowest BCUT2D eigenvalue weighted by atomic mass is 9.98. The Balaban J connectivity index is 2.14. The highest BCUT2D eigenvalue weighted by atomic mass is 32.1. The van der Waals surface area contributed by atoms with Gasteiger partial charge < -0.3 is 10.4 Å². The topological polar surface area (TPSA) is 92.2 Å². The normalized spacial score (nSPS) is 11.6. The number of carbonyl (C=O) groups is 2. The summed E-state index contributed by atoms with van der Waals surface area (Å²) in [5, 5.41) is 12.4. The Kier molecular flexibility index (Phi) is 4.22. The van der Waals surface area contributed by atoms with E-state index in [4.69, 9.17) is 5.11 Å². The minimum absolute atomic E-state index is 0.0120. The Labute approximate surface area is 126 Å². The molecule has 0 aliphatic carbocycles. The zero-order chi connectivity index (χ0) is 15.6. The molecule has 0 saturated heterocycles. The molecule has 2 heterocycles. The predicted octanol–water partition coefficient (Wildman–Crippen LogP) is 2.37. The highest BCUT2D eigenvalue weighted by Gasteiger charge is 2.22. The van der Waals surface area contributed by atoms with Gasteiger partial charge in [-0.05, 0) is 44.8 Å². The van der Waals surface area contributed by atoms with E-state index >= 15 is 0 Å². The highest BCUT2D eigenvalue weighted by Crippen LogP contribution is 2.21. The molecule has 0 aliphatic rings. The first-order valence-corrected chi connectivity index (χ1v) is 7.32. The summed E-state index contributed by atoms with van der Waals surface area (Å²) in [6.45, 7) is 5.48. The van der Waals surface area contributed by atoms with E-state index in [1.807, 2.05) is 6.92 Å². The molecule has 112 valence electrons. The molecule has 0 aliphatic heterocycles. The number of pyridine rings is 1. The first-order valence-electron chi connectivity index (χ1n) is 6.55. The molecule has 0 spiro atoms. The van der Waals surface area contributed by atoms with Gasteiger partial charge in [-0.25, -0.2) is 4.98 Å². The van der Waals surface area contributed by atoms with Crippen molar-refractivity contribution in [2.75, 3.05) is 0 Å². The van der Waals surface area contributed by atoms with Crippen LogP contribution in [-0.2, 0) is 4.79 Å². The van der Waals surface area contributed by atoms with E-state index in [2.05, 4.69) is 14.7 Å². The van der Waals surface area contributed by atoms with Crippen LogP contribution in [0.25, 0.3) is 10.2 Å². The van der Waals surface area contributed by atoms with Gasteiger partial charge in [-0.1, -0.05) is 0 Å². The van der Waals surface area contributed by atoms with Crippen LogP contribution in [0.1, 0.15) is 42.7 Å². The van der Waals surface area contributed by atoms with Gasteiger partial charge in [0.1, 0.15) is 4.83 Å². The van der Waals surface area contributed by atoms with Crippen molar-refractivity contribution in [2.24, 2.45) is 0 Å². The zero-order valence-corrected chi connectivity index (χ0v) is 13.0. The van der Waals surface area contributed by atoms with Crippen LogP contribution in [0.3, 0.4) is 0 Å². The van der Waals surface area contributed by atoms with Gasteiger partial charge in [-0.15, -0.1) is 0 Å². The number of hydrogen-bond acceptors (Lipinski definition) is 5. The quantitative estimate of drug-likeness (QED) is 0.884. The largest absolute Gasteiger partial charge is 0.481 e. The van der Waals surface area contributed by atoms with Crippen molar-refractivity contribution in [2.45, 2.75) is 39.2 Å². The standard InChI is InChI=1S/C14H17N3O3S/c1-8-10-6-9(7-15-13(10)21-17-8)12(20)16-14(2,3)5-4-11(18)19/h6-7H,4-5H2,1-3H3,(H,16,20)(H,18,19). The number of carboxylic acids is 1. The third-order valence-electron chi connectivity index (χ3n) is 3.19. The summed E-state index contributed by atoms with van der Waals surface area (Å²) in [7, 11) is 0. The molecule has 0 radical (unpaired) electrons. The third-order valence-corrected chi connectivity index (χ3v) is 4.05. The molecule has 0 saturated carbocycles. The summed E-state index contributed by atoms with van der Waals surface area (Å²) in [6, 6.07) is 1.77. The van der Waals surface area contributed by atoms with Gasteiger partial charge in [0.05, 0.1) is 11.3 Å². The second-order valence-corrected chi connectivity index (χ2v) is 6.33. The number of hydrogen-bond donors (Lipinski definition) is 2. The number of rotatable bonds is 5. The molecule has 0 aromatic carbocycles. The minimum Gasteiger partial charge on any atom is -0.481 e. The number of carbonyl (C=O) groups excluding carboxylic acids is 1. The van der Waals surface area contributed by atoms with Crippen LogP contribution in [0.2, 0.25) is 0 Å². The number of aromatic nitrogens is 2. The predicted molar refractivity (Wildman–Crippen MR) is 80.6 cm³/mol. The summed E-state index contributed by atoms with van der Waals surface area (Å²) in [5.74, 6) is -1.13. The van der Waals surface area contributed by atoms with E-state index in [1.54, 1.807) is 19.9 Å². The number of nitrogens with one attached hydrogen (secondary N) is 1. The first-order chi connectivity index (χ1) is 9.78. The van der Waals surface area contributed by atoms with Gasteiger partial charge in [-0.3, -0.25) is 9.59 Å². The molecule has 0 bridgehead atoms. The average Bonchev–Trinajstić information content (AvgIpc) is 2.77. The van der Waals surface area contributed by atoms with Crippen LogP contribution in [0.15, 0.2) is 12.3 Å². The fourth-order valence-electron chi connectivity index (χ4n) is 1.93. The lowest BCUT2D eigenvalue weighted by Crippen LogP contribution is -2.43. The van der Waals surface area contributed by atoms with Crippen molar-refractivity contribution in [3.05, 3.63) is 23.5 Å². The summed E-state index contributed by atoms with van der Waals surface area (Å²) in [5.41, 5.74) is 0.711. The van der Waals surface area contributed by atoms with E-state index in [0.29, 0.717) is 12.0 Å². The van der Waals surface area contributed by atoms with E-state index in [-0.39, 0.29) is 12.3 Å². The molecular formula is C14H17N3O3S. The Morgan fingerprint density at radius 2 is 2.14 bits per heavy atom. The Morgan fingerprint density at radius 3 is 2.81 bits per heavy atom. The Bertz CT molecular complexity index is 694. The minimum atomic E-state index is -0.875. The molecule has 6 nitrogen and oxygen atoms in total. The van der Waals surface area contributed by atoms with Crippen molar-refractivity contribution in [3.63, 3.8) is 0 Å². The van der Waals surface area contributed by atoms with E-state index < -0.39 is 11.5 Å². The Morgan fingerprint density at radius 1 is 1.43 bits per heavy atom. The van der Waals surface area contributed by atoms with Crippen molar-refractivity contribution < 1.29 is 14.7 Å². The van der Waals surface area contributed by atoms with Crippen molar-refractivity contribution in [1.82, 2.24) is 14.7 Å². The van der Waals surface area contributed by atoms with E-state index in [1.165, 1.54) is 17.7 Å². The van der Waals surface area contributed by atoms with Crippen molar-refractivity contribution in [1.29, 1.82) is 0 Å². The van der Waals surface area contributed by atoms with Crippen LogP contribution in [-0.4, -0.2) is 31.9 Å². The van der Waals surface area contributed by atoms with Gasteiger partial charge >= 0.3 is 5.97 Å². The van der Waals surface area contributed by atoms with E-state index in [9.17, 15) is 9.59 Å². The molecule has 1 amide bonds. The Hall–Kier alpha value is -2.02. The molecule has 0 fully saturated rings. The van der Waals surface area contributed by atoms with Gasteiger partial charge in [-0.2, -0.15) is 4.37 Å². The van der Waals surface area contributed by atoms with Crippen LogP contribution in [0.5, 0.6) is 0 Å². The van der Waals surface area contributed by atoms with E-state index in [0.717, 1.165) is 15.9 Å². The molecular weight excluding hydrogens is 290 g/mol. The third kappa shape index (κ3) is 3.75. The number of aliphatic carboxylic acids is 1. The summed E-state index contributed by atoms with van der Waals surface area (Å²) in [6.07, 6.45) is 1.89. The number of carboxylic acid groups (broad SMARTS) is 1. The van der Waals surface area contributed by atoms with Gasteiger partial charge in [0.2, 0.25) is 0 Å². The maximum absolute atomic E-state index is 12.3. The van der Waals surface area contributed by atoms with Crippen LogP contribution in [0.4, 0.5) is 0 Å². The van der Waals surface area contributed by atoms with Crippen molar-refractivity contribution in [3.8, 4) is 0 Å². The second-order valence-electron chi connectivity index (χ2n) is 5.58. The number of nitrogens with zero attached hydrogens (tertiary/aromatic N) is 2. The molecule has 2 N–H and O–H groups in total. The lowest BCUT2D eigenvalue weighted by molar-refractivity contribution is -0.137. The molecule has 21 heavy (non-hydrogen) atoms. The van der Waals surface area contributed by atoms with Crippen LogP contribution in [0, 0.1) is 6.92 Å². The van der Waals surface area contributed by atoms with Crippen LogP contribution < -0.4 is 5.32 Å². The van der Waals surface area contributed by atoms with Gasteiger partial charge in [0.25, 0.3) is 5.91 Å². The second kappa shape index (κ2) is 5.77. The molecule has 0 unspecified atom stereocenters. The molecule has 2 aromatic heterocycles. The maximum Gasteiger partial charge on any atom is 0.303 e. The van der Waals surface area contributed by atoms with Gasteiger partial charge in [0.15, 0.2) is 0 Å². The zero-order valence-electron chi connectivity index (χ0n) is 12.1. The molecule has 2 rings (SSSR count). The highest BCUT2D eigenvalue weighted by molar-refractivity contribution is 7.12. The number of fused-ring (bicyclic) bond motifs is 1. The van der Waals surface area contributed by atoms with Crippen LogP contribution >= 0.6 is 11.5 Å². The summed E-state index contributed by atoms with van der Waals surface area (Å²) in [4.78, 5) is 27.9. The van der Waals surface area contributed by atoms with Gasteiger partial charge in [0, 0.05) is 23.5 Å². The molecule has 0 atom stereocenters. The maximum atomic E-state index is 12.3. The summed E-state index contributed by atoms with van der Waals surface area (Å²) < 4.78 is 4.20. The monoisotopic (exact) mass is 307 g/mol. The smallest absolute Gasteiger partial charge is 0.303 e. The lowest BCUT2D eigenvalue weighted by Gasteiger charge is -2.25. The number of aryl methyl sites for hydroxylation is 1.